The van der Waals surface area contributed by atoms with E-state index in [1.54, 1.807) is 10.8 Å². The minimum atomic E-state index is 0.164. The van der Waals surface area contributed by atoms with Gasteiger partial charge in [-0.05, 0) is 6.58 Å². The number of hydrogen-bond donors (Lipinski definition) is 1. The van der Waals surface area contributed by atoms with E-state index in [9.17, 15) is 0 Å². The molecule has 0 aromatic heterocycles. The zero-order chi connectivity index (χ0) is 5.86. The van der Waals surface area contributed by atoms with Crippen molar-refractivity contribution in [3.8, 4) is 0 Å². The van der Waals surface area contributed by atoms with Gasteiger partial charge in [-0.2, -0.15) is 0 Å². The largest absolute Gasteiger partial charge is 0.201 e. The van der Waals surface area contributed by atoms with Gasteiger partial charge in [-0.3, -0.25) is 0 Å². The highest BCUT2D eigenvalue weighted by Gasteiger charge is 1.98. The number of hydrogen-bond acceptors (Lipinski definition) is 1. The molecule has 1 unspecified atom stereocenters. The van der Waals surface area contributed by atoms with Gasteiger partial charge in [0.05, 0.1) is 0 Å². The lowest BCUT2D eigenvalue weighted by atomic mass is 10.7. The highest BCUT2D eigenvalue weighted by Crippen LogP contribution is 1.91. The second-order valence-electron chi connectivity index (χ2n) is 1.33. The third kappa shape index (κ3) is 2.45. The molecule has 40 valence electrons. The highest BCUT2D eigenvalue weighted by molar-refractivity contribution is 7.80. The molecule has 0 heterocycles. The molecule has 2 heteroatoms. The molecule has 0 fully saturated rings. The third-order valence-electron chi connectivity index (χ3n) is 0.714. The van der Waals surface area contributed by atoms with Gasteiger partial charge in [0.25, 0.3) is 0 Å². The van der Waals surface area contributed by atoms with Crippen LogP contribution in [0.5, 0.6) is 0 Å². The fraction of sp³-hybridized carbons (Fsp3) is 0.400. The molecule has 0 saturated heterocycles. The van der Waals surface area contributed by atoms with Gasteiger partial charge in [0, 0.05) is 6.92 Å². The van der Waals surface area contributed by atoms with Crippen LogP contribution in [0.15, 0.2) is 12.8 Å². The van der Waals surface area contributed by atoms with Crippen LogP contribution >= 0.6 is 12.6 Å². The average Bonchev–Trinajstić information content (AvgIpc) is 1.65. The van der Waals surface area contributed by atoms with E-state index >= 15 is 0 Å². The average molecular weight is 116 g/mol. The Balaban J connectivity index is 3.56. The van der Waals surface area contributed by atoms with Crippen molar-refractivity contribution in [3.63, 3.8) is 0 Å². The highest BCUT2D eigenvalue weighted by atomic mass is 32.1. The van der Waals surface area contributed by atoms with Gasteiger partial charge in [-0.15, -0.1) is 12.6 Å². The molecule has 0 spiro atoms. The summed E-state index contributed by atoms with van der Waals surface area (Å²) in [5.41, 5.74) is 0. The minimum absolute atomic E-state index is 0.164. The molecule has 0 radical (unpaired) electrons. The predicted octanol–water partition coefficient (Wildman–Crippen LogP) is 1.12. The van der Waals surface area contributed by atoms with Gasteiger partial charge in [0.2, 0.25) is 0 Å². The first kappa shape index (κ1) is 6.76. The lowest BCUT2D eigenvalue weighted by molar-refractivity contribution is -0.457. The van der Waals surface area contributed by atoms with Crippen LogP contribution in [0.25, 0.3) is 0 Å². The van der Waals surface area contributed by atoms with Crippen molar-refractivity contribution < 1.29 is 4.58 Å². The molecule has 1 atom stereocenters. The number of thiol groups is 1. The van der Waals surface area contributed by atoms with Crippen LogP contribution in [0.2, 0.25) is 0 Å². The molecule has 0 saturated carbocycles. The topological polar surface area (TPSA) is 3.01 Å². The monoisotopic (exact) mass is 116 g/mol. The minimum Gasteiger partial charge on any atom is -0.201 e. The van der Waals surface area contributed by atoms with Crippen molar-refractivity contribution in [3.05, 3.63) is 12.8 Å². The van der Waals surface area contributed by atoms with Crippen molar-refractivity contribution in [1.29, 1.82) is 0 Å². The van der Waals surface area contributed by atoms with Crippen LogP contribution in [-0.2, 0) is 0 Å². The maximum absolute atomic E-state index is 4.07. The maximum Gasteiger partial charge on any atom is 0.198 e. The Morgan fingerprint density at radius 2 is 2.29 bits per heavy atom. The Bertz CT molecular complexity index is 86.1. The van der Waals surface area contributed by atoms with Crippen LogP contribution < -0.4 is 0 Å². The molecule has 0 aliphatic rings. The Morgan fingerprint density at radius 1 is 1.86 bits per heavy atom. The van der Waals surface area contributed by atoms with Crippen molar-refractivity contribution in [1.82, 2.24) is 0 Å². The molecular weight excluding hydrogens is 106 g/mol. The van der Waals surface area contributed by atoms with Crippen LogP contribution in [0.3, 0.4) is 0 Å². The van der Waals surface area contributed by atoms with E-state index in [1.165, 1.54) is 0 Å². The molecule has 0 aromatic rings. The molecule has 0 amide bonds. The fourth-order valence-corrected chi connectivity index (χ4v) is 0.247. The van der Waals surface area contributed by atoms with E-state index in [0.717, 1.165) is 0 Å². The molecule has 1 nitrogen and oxygen atoms in total. The van der Waals surface area contributed by atoms with Crippen molar-refractivity contribution in [2.75, 3.05) is 0 Å². The van der Waals surface area contributed by atoms with Gasteiger partial charge >= 0.3 is 0 Å². The van der Waals surface area contributed by atoms with Crippen LogP contribution in [0.1, 0.15) is 6.92 Å². The first-order valence-corrected chi connectivity index (χ1v) is 2.59. The molecule has 0 aliphatic carbocycles. The van der Waals surface area contributed by atoms with E-state index in [1.807, 2.05) is 6.92 Å². The van der Waals surface area contributed by atoms with E-state index in [2.05, 4.69) is 25.9 Å². The summed E-state index contributed by atoms with van der Waals surface area (Å²) in [6.07, 6.45) is 1.64. The third-order valence-corrected chi connectivity index (χ3v) is 1.01. The quantitative estimate of drug-likeness (QED) is 0.238. The lowest BCUT2D eigenvalue weighted by Gasteiger charge is -1.93. The molecule has 0 aromatic carbocycles. The summed E-state index contributed by atoms with van der Waals surface area (Å²) in [6.45, 7) is 9.02. The first-order valence-electron chi connectivity index (χ1n) is 2.08. The van der Waals surface area contributed by atoms with E-state index < -0.39 is 0 Å². The smallest absolute Gasteiger partial charge is 0.198 e. The maximum atomic E-state index is 4.07. The summed E-state index contributed by atoms with van der Waals surface area (Å²) in [5, 5.41) is 0.164. The summed E-state index contributed by atoms with van der Waals surface area (Å²) in [5.74, 6) is 0. The van der Waals surface area contributed by atoms with E-state index in [4.69, 9.17) is 0 Å². The molecule has 0 bridgehead atoms. The normalized spacial score (nSPS) is 12.9. The van der Waals surface area contributed by atoms with E-state index in [-0.39, 0.29) is 5.37 Å². The van der Waals surface area contributed by atoms with Crippen molar-refractivity contribution >= 4 is 19.3 Å². The van der Waals surface area contributed by atoms with Crippen LogP contribution in [-0.4, -0.2) is 16.7 Å². The van der Waals surface area contributed by atoms with Crippen molar-refractivity contribution in [2.24, 2.45) is 0 Å². The predicted molar refractivity (Wildman–Crippen MR) is 36.0 cm³/mol. The Labute approximate surface area is 49.8 Å². The first-order chi connectivity index (χ1) is 3.18. The molecular formula is C5H10NS+. The molecule has 0 rings (SSSR count). The molecule has 0 N–H and O–H groups in total. The second kappa shape index (κ2) is 2.86. The fourth-order valence-electron chi connectivity index (χ4n) is 0.153. The SMILES string of the molecule is C=C[N+](=C)C(C)S. The van der Waals surface area contributed by atoms with Crippen molar-refractivity contribution in [2.45, 2.75) is 12.3 Å². The number of nitrogens with zero attached hydrogens (tertiary/aromatic N) is 1. The summed E-state index contributed by atoms with van der Waals surface area (Å²) in [6, 6.07) is 0. The zero-order valence-corrected chi connectivity index (χ0v) is 5.36. The van der Waals surface area contributed by atoms with Crippen LogP contribution in [0.4, 0.5) is 0 Å². The Kier molecular flexibility index (Phi) is 2.76. The summed E-state index contributed by atoms with van der Waals surface area (Å²) in [7, 11) is 0. The lowest BCUT2D eigenvalue weighted by Crippen LogP contribution is -2.07. The number of rotatable bonds is 2. The van der Waals surface area contributed by atoms with Gasteiger partial charge in [0.1, 0.15) is 6.72 Å². The van der Waals surface area contributed by atoms with Gasteiger partial charge in [0.15, 0.2) is 11.6 Å². The molecule has 7 heavy (non-hydrogen) atoms. The zero-order valence-electron chi connectivity index (χ0n) is 4.46. The Hall–Kier alpha value is -0.240. The van der Waals surface area contributed by atoms with Gasteiger partial charge < -0.3 is 0 Å². The summed E-state index contributed by atoms with van der Waals surface area (Å²) < 4.78 is 1.67. The Morgan fingerprint density at radius 3 is 2.29 bits per heavy atom. The molecule has 0 aliphatic heterocycles. The van der Waals surface area contributed by atoms with Crippen LogP contribution in [0, 0.1) is 0 Å². The van der Waals surface area contributed by atoms with Gasteiger partial charge in [-0.25, -0.2) is 4.58 Å². The van der Waals surface area contributed by atoms with E-state index in [0.29, 0.717) is 0 Å². The second-order valence-corrected chi connectivity index (χ2v) is 2.08. The standard InChI is InChI=1S/C5H9NS/c1-4-6(3)5(2)7/h4-5H,1,3H2,2H3/p+1. The summed E-state index contributed by atoms with van der Waals surface area (Å²) >= 11 is 4.07. The summed E-state index contributed by atoms with van der Waals surface area (Å²) in [4.78, 5) is 0. The van der Waals surface area contributed by atoms with Gasteiger partial charge in [-0.1, -0.05) is 0 Å².